The fourth-order valence-electron chi connectivity index (χ4n) is 1.85. The summed E-state index contributed by atoms with van der Waals surface area (Å²) in [4.78, 5) is 12.2. The van der Waals surface area contributed by atoms with Gasteiger partial charge in [0.15, 0.2) is 0 Å². The van der Waals surface area contributed by atoms with Gasteiger partial charge in [-0.1, -0.05) is 0 Å². The topological polar surface area (TPSA) is 91.4 Å². The Kier molecular flexibility index (Phi) is 4.44. The first-order valence-electron chi connectivity index (χ1n) is 6.31. The number of methoxy groups -OCH3 is 2. The van der Waals surface area contributed by atoms with Gasteiger partial charge in [-0.3, -0.25) is 9.48 Å². The molecule has 112 valence electrons. The molecule has 21 heavy (non-hydrogen) atoms. The highest BCUT2D eigenvalue weighted by Gasteiger charge is 2.18. The third-order valence-corrected chi connectivity index (χ3v) is 2.99. The number of aryl methyl sites for hydroxylation is 1. The molecule has 1 unspecified atom stereocenters. The van der Waals surface area contributed by atoms with Crippen LogP contribution in [0.1, 0.15) is 11.6 Å². The van der Waals surface area contributed by atoms with Gasteiger partial charge in [0.05, 0.1) is 20.4 Å². The fourth-order valence-corrected chi connectivity index (χ4v) is 1.85. The minimum atomic E-state index is -0.795. The van der Waals surface area contributed by atoms with E-state index in [4.69, 9.17) is 15.2 Å². The molecular weight excluding hydrogens is 272 g/mol. The largest absolute Gasteiger partial charge is 0.497 e. The first-order chi connectivity index (χ1) is 10.0. The maximum absolute atomic E-state index is 12.2. The third-order valence-electron chi connectivity index (χ3n) is 2.99. The maximum Gasteiger partial charge on any atom is 0.246 e. The van der Waals surface area contributed by atoms with E-state index in [1.807, 2.05) is 0 Å². The number of rotatable bonds is 5. The highest BCUT2D eigenvalue weighted by atomic mass is 16.5. The summed E-state index contributed by atoms with van der Waals surface area (Å²) in [5.41, 5.74) is 7.11. The molecule has 0 saturated heterocycles. The third kappa shape index (κ3) is 3.51. The average Bonchev–Trinajstić information content (AvgIpc) is 2.92. The van der Waals surface area contributed by atoms with Gasteiger partial charge in [-0.05, 0) is 0 Å². The Hall–Kier alpha value is -2.54. The van der Waals surface area contributed by atoms with Crippen molar-refractivity contribution in [1.82, 2.24) is 9.78 Å². The van der Waals surface area contributed by atoms with Gasteiger partial charge in [0.25, 0.3) is 0 Å². The van der Waals surface area contributed by atoms with E-state index in [-0.39, 0.29) is 5.91 Å². The summed E-state index contributed by atoms with van der Waals surface area (Å²) in [5.74, 6) is 0.831. The number of nitrogens with zero attached hydrogens (tertiary/aromatic N) is 2. The quantitative estimate of drug-likeness (QED) is 0.859. The lowest BCUT2D eigenvalue weighted by molar-refractivity contribution is -0.117. The summed E-state index contributed by atoms with van der Waals surface area (Å²) in [6, 6.07) is 4.31. The molecule has 7 heteroatoms. The van der Waals surface area contributed by atoms with Crippen LogP contribution >= 0.6 is 0 Å². The smallest absolute Gasteiger partial charge is 0.246 e. The van der Waals surface area contributed by atoms with E-state index < -0.39 is 6.04 Å². The number of carbonyl (C=O) groups excluding carboxylic acids is 1. The molecule has 0 bridgehead atoms. The van der Waals surface area contributed by atoms with Gasteiger partial charge < -0.3 is 20.5 Å². The number of nitrogens with one attached hydrogen (secondary N) is 1. The Morgan fingerprint density at radius 3 is 2.38 bits per heavy atom. The van der Waals surface area contributed by atoms with Crippen molar-refractivity contribution < 1.29 is 14.3 Å². The van der Waals surface area contributed by atoms with Crippen molar-refractivity contribution in [1.29, 1.82) is 0 Å². The molecule has 0 saturated carbocycles. The lowest BCUT2D eigenvalue weighted by atomic mass is 10.1. The molecule has 0 fully saturated rings. The lowest BCUT2D eigenvalue weighted by Gasteiger charge is -2.12. The normalized spacial score (nSPS) is 11.8. The molecule has 1 aromatic heterocycles. The number of benzene rings is 1. The molecule has 1 atom stereocenters. The molecule has 2 rings (SSSR count). The van der Waals surface area contributed by atoms with Crippen LogP contribution in [0, 0.1) is 0 Å². The van der Waals surface area contributed by atoms with Crippen molar-refractivity contribution in [3.05, 3.63) is 36.2 Å². The number of carbonyl (C=O) groups is 1. The van der Waals surface area contributed by atoms with Crippen molar-refractivity contribution in [2.24, 2.45) is 12.8 Å². The highest BCUT2D eigenvalue weighted by Crippen LogP contribution is 2.26. The Morgan fingerprint density at radius 2 is 1.90 bits per heavy atom. The molecule has 1 heterocycles. The minimum Gasteiger partial charge on any atom is -0.497 e. The van der Waals surface area contributed by atoms with Gasteiger partial charge in [0.2, 0.25) is 5.91 Å². The van der Waals surface area contributed by atoms with Crippen LogP contribution in [0.25, 0.3) is 0 Å². The average molecular weight is 290 g/mol. The zero-order valence-electron chi connectivity index (χ0n) is 12.2. The molecule has 3 N–H and O–H groups in total. The molecular formula is C14H18N4O3. The molecule has 7 nitrogen and oxygen atoms in total. The Balaban J connectivity index is 2.15. The van der Waals surface area contributed by atoms with Crippen LogP contribution in [-0.4, -0.2) is 29.9 Å². The first-order valence-corrected chi connectivity index (χ1v) is 6.31. The lowest BCUT2D eigenvalue weighted by Crippen LogP contribution is -2.27. The Bertz CT molecular complexity index is 617. The molecule has 0 aliphatic rings. The summed E-state index contributed by atoms with van der Waals surface area (Å²) >= 11 is 0. The molecule has 0 spiro atoms. The van der Waals surface area contributed by atoms with Gasteiger partial charge in [0, 0.05) is 42.7 Å². The second-order valence-corrected chi connectivity index (χ2v) is 4.52. The van der Waals surface area contributed by atoms with E-state index in [1.165, 1.54) is 0 Å². The van der Waals surface area contributed by atoms with Crippen LogP contribution in [0.4, 0.5) is 5.69 Å². The summed E-state index contributed by atoms with van der Waals surface area (Å²) in [6.07, 6.45) is 3.27. The zero-order valence-corrected chi connectivity index (χ0v) is 12.2. The van der Waals surface area contributed by atoms with Crippen molar-refractivity contribution in [2.45, 2.75) is 6.04 Å². The monoisotopic (exact) mass is 290 g/mol. The predicted molar refractivity (Wildman–Crippen MR) is 78.3 cm³/mol. The van der Waals surface area contributed by atoms with E-state index in [0.29, 0.717) is 22.7 Å². The van der Waals surface area contributed by atoms with Gasteiger partial charge in [-0.15, -0.1) is 0 Å². The molecule has 0 aliphatic heterocycles. The molecule has 0 aliphatic carbocycles. The Labute approximate surface area is 122 Å². The number of aromatic nitrogens is 2. The fraction of sp³-hybridized carbons (Fsp3) is 0.286. The molecule has 1 aromatic carbocycles. The second-order valence-electron chi connectivity index (χ2n) is 4.52. The predicted octanol–water partition coefficient (Wildman–Crippen LogP) is 1.08. The number of anilines is 1. The SMILES string of the molecule is COc1cc(NC(=O)C(N)c2cnn(C)c2)cc(OC)c1. The summed E-state index contributed by atoms with van der Waals surface area (Å²) in [7, 11) is 4.85. The number of hydrogen-bond acceptors (Lipinski definition) is 5. The number of ether oxygens (including phenoxy) is 2. The zero-order chi connectivity index (χ0) is 15.4. The molecule has 1 amide bonds. The molecule has 2 aromatic rings. The van der Waals surface area contributed by atoms with Crippen LogP contribution in [0.2, 0.25) is 0 Å². The van der Waals surface area contributed by atoms with E-state index in [2.05, 4.69) is 10.4 Å². The van der Waals surface area contributed by atoms with E-state index in [1.54, 1.807) is 56.5 Å². The van der Waals surface area contributed by atoms with Crippen molar-refractivity contribution in [3.63, 3.8) is 0 Å². The van der Waals surface area contributed by atoms with Crippen LogP contribution < -0.4 is 20.5 Å². The van der Waals surface area contributed by atoms with Gasteiger partial charge in [-0.2, -0.15) is 5.10 Å². The van der Waals surface area contributed by atoms with Crippen LogP contribution in [-0.2, 0) is 11.8 Å². The molecule has 0 radical (unpaired) electrons. The first kappa shape index (κ1) is 14.9. The van der Waals surface area contributed by atoms with Crippen molar-refractivity contribution >= 4 is 11.6 Å². The highest BCUT2D eigenvalue weighted by molar-refractivity contribution is 5.95. The van der Waals surface area contributed by atoms with E-state index >= 15 is 0 Å². The van der Waals surface area contributed by atoms with E-state index in [0.717, 1.165) is 0 Å². The van der Waals surface area contributed by atoms with Crippen molar-refractivity contribution in [2.75, 3.05) is 19.5 Å². The van der Waals surface area contributed by atoms with Gasteiger partial charge in [0.1, 0.15) is 17.5 Å². The summed E-state index contributed by atoms with van der Waals surface area (Å²) < 4.78 is 11.9. The second kappa shape index (κ2) is 6.27. The Morgan fingerprint density at radius 1 is 1.29 bits per heavy atom. The number of hydrogen-bond donors (Lipinski definition) is 2. The standard InChI is InChI=1S/C14H18N4O3/c1-18-8-9(7-16-18)13(15)14(19)17-10-4-11(20-2)6-12(5-10)21-3/h4-8,13H,15H2,1-3H3,(H,17,19). The van der Waals surface area contributed by atoms with Crippen LogP contribution in [0.5, 0.6) is 11.5 Å². The summed E-state index contributed by atoms with van der Waals surface area (Å²) in [6.45, 7) is 0. The van der Waals surface area contributed by atoms with Gasteiger partial charge >= 0.3 is 0 Å². The number of nitrogens with two attached hydrogens (primary N) is 1. The minimum absolute atomic E-state index is 0.335. The van der Waals surface area contributed by atoms with Gasteiger partial charge in [-0.25, -0.2) is 0 Å². The van der Waals surface area contributed by atoms with Crippen LogP contribution in [0.15, 0.2) is 30.6 Å². The van der Waals surface area contributed by atoms with E-state index in [9.17, 15) is 4.79 Å². The van der Waals surface area contributed by atoms with Crippen LogP contribution in [0.3, 0.4) is 0 Å². The number of amides is 1. The maximum atomic E-state index is 12.2. The van der Waals surface area contributed by atoms with Crippen molar-refractivity contribution in [3.8, 4) is 11.5 Å². The summed E-state index contributed by atoms with van der Waals surface area (Å²) in [5, 5.41) is 6.74.